The van der Waals surface area contributed by atoms with Crippen LogP contribution in [0.5, 0.6) is 0 Å². The summed E-state index contributed by atoms with van der Waals surface area (Å²) in [5, 5.41) is 3.10. The molecule has 0 unspecified atom stereocenters. The number of carbonyl (C=O) groups is 1. The molecule has 7 nitrogen and oxygen atoms in total. The number of amides is 1. The average Bonchev–Trinajstić information content (AvgIpc) is 3.10. The molecule has 1 aromatic carbocycles. The monoisotopic (exact) mass is 344 g/mol. The maximum absolute atomic E-state index is 12.0. The van der Waals surface area contributed by atoms with E-state index in [1.807, 2.05) is 35.2 Å². The van der Waals surface area contributed by atoms with E-state index >= 15 is 0 Å². The molecule has 0 spiro atoms. The van der Waals surface area contributed by atoms with Crippen LogP contribution in [0.1, 0.15) is 18.7 Å². The first kappa shape index (κ1) is 16.5. The lowest BCUT2D eigenvalue weighted by atomic mass is 10.3. The summed E-state index contributed by atoms with van der Waals surface area (Å²) in [4.78, 5) is 26.5. The zero-order valence-electron chi connectivity index (χ0n) is 13.3. The van der Waals surface area contributed by atoms with Gasteiger partial charge in [-0.3, -0.25) is 4.79 Å². The Kier molecular flexibility index (Phi) is 5.47. The van der Waals surface area contributed by atoms with Crippen molar-refractivity contribution in [3.63, 3.8) is 0 Å². The van der Waals surface area contributed by atoms with Gasteiger partial charge in [0.15, 0.2) is 0 Å². The summed E-state index contributed by atoms with van der Waals surface area (Å²) < 4.78 is 0. The van der Waals surface area contributed by atoms with Gasteiger partial charge in [-0.25, -0.2) is 0 Å². The van der Waals surface area contributed by atoms with E-state index in [-0.39, 0.29) is 11.9 Å². The van der Waals surface area contributed by atoms with Gasteiger partial charge in [-0.05, 0) is 25.0 Å². The molecule has 1 aliphatic heterocycles. The molecule has 0 radical (unpaired) electrons. The fraction of sp³-hybridized carbons (Fsp3) is 0.375. The number of nitrogen functional groups attached to an aromatic ring is 1. The predicted molar refractivity (Wildman–Crippen MR) is 95.9 cm³/mol. The lowest BCUT2D eigenvalue weighted by Gasteiger charge is -2.14. The van der Waals surface area contributed by atoms with Crippen molar-refractivity contribution in [2.75, 3.05) is 29.9 Å². The number of nitrogens with zero attached hydrogens (tertiary/aromatic N) is 4. The molecule has 0 bridgehead atoms. The van der Waals surface area contributed by atoms with Gasteiger partial charge < -0.3 is 16.0 Å². The molecule has 1 amide bonds. The van der Waals surface area contributed by atoms with Crippen molar-refractivity contribution in [2.24, 2.45) is 0 Å². The SMILES string of the molecule is Nc1nc(CSCC(=O)N2CCCC2)nc(Nc2ccccc2)n1. The number of benzene rings is 1. The number of para-hydroxylation sites is 1. The van der Waals surface area contributed by atoms with E-state index in [1.54, 1.807) is 0 Å². The first-order valence-electron chi connectivity index (χ1n) is 7.89. The summed E-state index contributed by atoms with van der Waals surface area (Å²) in [5.74, 6) is 2.30. The number of hydrogen-bond acceptors (Lipinski definition) is 7. The molecule has 8 heteroatoms. The highest BCUT2D eigenvalue weighted by Crippen LogP contribution is 2.16. The Bertz CT molecular complexity index is 690. The molecule has 0 aliphatic carbocycles. The minimum Gasteiger partial charge on any atom is -0.368 e. The molecule has 2 aromatic rings. The fourth-order valence-corrected chi connectivity index (χ4v) is 3.27. The Balaban J connectivity index is 1.56. The molecular weight excluding hydrogens is 324 g/mol. The summed E-state index contributed by atoms with van der Waals surface area (Å²) in [6.45, 7) is 1.76. The number of nitrogens with two attached hydrogens (primary N) is 1. The van der Waals surface area contributed by atoms with Crippen LogP contribution in [0, 0.1) is 0 Å². The quantitative estimate of drug-likeness (QED) is 0.827. The van der Waals surface area contributed by atoms with Crippen LogP contribution in [0.2, 0.25) is 0 Å². The van der Waals surface area contributed by atoms with Gasteiger partial charge in [-0.15, -0.1) is 11.8 Å². The highest BCUT2D eigenvalue weighted by Gasteiger charge is 2.17. The topological polar surface area (TPSA) is 97.0 Å². The maximum Gasteiger partial charge on any atom is 0.232 e. The van der Waals surface area contributed by atoms with Gasteiger partial charge in [0.1, 0.15) is 5.82 Å². The number of aromatic nitrogens is 3. The normalized spacial score (nSPS) is 13.9. The third-order valence-electron chi connectivity index (χ3n) is 3.64. The van der Waals surface area contributed by atoms with Crippen LogP contribution in [0.4, 0.5) is 17.6 Å². The van der Waals surface area contributed by atoms with Crippen molar-refractivity contribution in [1.82, 2.24) is 19.9 Å². The minimum absolute atomic E-state index is 0.171. The number of hydrogen-bond donors (Lipinski definition) is 2. The van der Waals surface area contributed by atoms with Crippen molar-refractivity contribution in [1.29, 1.82) is 0 Å². The molecular formula is C16H20N6OS. The van der Waals surface area contributed by atoms with E-state index in [0.29, 0.717) is 23.3 Å². The van der Waals surface area contributed by atoms with Crippen LogP contribution in [-0.2, 0) is 10.5 Å². The lowest BCUT2D eigenvalue weighted by Crippen LogP contribution is -2.29. The summed E-state index contributed by atoms with van der Waals surface area (Å²) in [6.07, 6.45) is 2.21. The Morgan fingerprint density at radius 2 is 1.92 bits per heavy atom. The van der Waals surface area contributed by atoms with Crippen molar-refractivity contribution in [2.45, 2.75) is 18.6 Å². The smallest absolute Gasteiger partial charge is 0.232 e. The second-order valence-electron chi connectivity index (χ2n) is 5.51. The molecule has 3 rings (SSSR count). The van der Waals surface area contributed by atoms with E-state index in [4.69, 9.17) is 5.73 Å². The second-order valence-corrected chi connectivity index (χ2v) is 6.49. The predicted octanol–water partition coefficient (Wildman–Crippen LogP) is 2.05. The van der Waals surface area contributed by atoms with E-state index < -0.39 is 0 Å². The fourth-order valence-electron chi connectivity index (χ4n) is 2.50. The number of likely N-dealkylation sites (tertiary alicyclic amines) is 1. The number of anilines is 3. The van der Waals surface area contributed by atoms with Crippen LogP contribution in [-0.4, -0.2) is 44.6 Å². The Morgan fingerprint density at radius 1 is 1.17 bits per heavy atom. The van der Waals surface area contributed by atoms with Gasteiger partial charge >= 0.3 is 0 Å². The summed E-state index contributed by atoms with van der Waals surface area (Å²) in [6, 6.07) is 9.62. The Labute approximate surface area is 145 Å². The zero-order valence-corrected chi connectivity index (χ0v) is 14.1. The van der Waals surface area contributed by atoms with Crippen molar-refractivity contribution in [3.8, 4) is 0 Å². The summed E-state index contributed by atoms with van der Waals surface area (Å²) in [7, 11) is 0. The van der Waals surface area contributed by atoms with E-state index in [1.165, 1.54) is 11.8 Å². The molecule has 1 saturated heterocycles. The molecule has 126 valence electrons. The Morgan fingerprint density at radius 3 is 2.67 bits per heavy atom. The van der Waals surface area contributed by atoms with Crippen molar-refractivity contribution < 1.29 is 4.79 Å². The number of carbonyl (C=O) groups excluding carboxylic acids is 1. The van der Waals surface area contributed by atoms with E-state index in [2.05, 4.69) is 20.3 Å². The van der Waals surface area contributed by atoms with Crippen LogP contribution in [0.3, 0.4) is 0 Å². The third-order valence-corrected chi connectivity index (χ3v) is 4.56. The first-order chi connectivity index (χ1) is 11.7. The van der Waals surface area contributed by atoms with Crippen LogP contribution >= 0.6 is 11.8 Å². The molecule has 1 aromatic heterocycles. The van der Waals surface area contributed by atoms with Crippen LogP contribution < -0.4 is 11.1 Å². The van der Waals surface area contributed by atoms with Crippen molar-refractivity contribution in [3.05, 3.63) is 36.2 Å². The second kappa shape index (κ2) is 7.96. The lowest BCUT2D eigenvalue weighted by molar-refractivity contribution is -0.127. The van der Waals surface area contributed by atoms with Gasteiger partial charge in [-0.1, -0.05) is 18.2 Å². The van der Waals surface area contributed by atoms with Crippen LogP contribution in [0.15, 0.2) is 30.3 Å². The average molecular weight is 344 g/mol. The van der Waals surface area contributed by atoms with Crippen LogP contribution in [0.25, 0.3) is 0 Å². The number of nitrogens with one attached hydrogen (secondary N) is 1. The summed E-state index contributed by atoms with van der Waals surface area (Å²) in [5.41, 5.74) is 6.64. The summed E-state index contributed by atoms with van der Waals surface area (Å²) >= 11 is 1.50. The Hall–Kier alpha value is -2.35. The standard InChI is InChI=1S/C16H20N6OS/c17-15-19-13(10-24-11-14(23)22-8-4-5-9-22)20-16(21-15)18-12-6-2-1-3-7-12/h1-3,6-7H,4-5,8-11H2,(H3,17,18,19,20,21). The van der Waals surface area contributed by atoms with Gasteiger partial charge in [0.05, 0.1) is 11.5 Å². The minimum atomic E-state index is 0.171. The van der Waals surface area contributed by atoms with Crippen molar-refractivity contribution >= 4 is 35.3 Å². The van der Waals surface area contributed by atoms with Gasteiger partial charge in [0.2, 0.25) is 17.8 Å². The van der Waals surface area contributed by atoms with Gasteiger partial charge in [0, 0.05) is 18.8 Å². The number of thioether (sulfide) groups is 1. The maximum atomic E-state index is 12.0. The third kappa shape index (κ3) is 4.58. The molecule has 0 saturated carbocycles. The molecule has 0 atom stereocenters. The largest absolute Gasteiger partial charge is 0.368 e. The molecule has 1 aliphatic rings. The van der Waals surface area contributed by atoms with E-state index in [0.717, 1.165) is 31.6 Å². The first-order valence-corrected chi connectivity index (χ1v) is 9.04. The molecule has 24 heavy (non-hydrogen) atoms. The molecule has 1 fully saturated rings. The molecule has 3 N–H and O–H groups in total. The highest BCUT2D eigenvalue weighted by atomic mass is 32.2. The van der Waals surface area contributed by atoms with Gasteiger partial charge in [-0.2, -0.15) is 15.0 Å². The van der Waals surface area contributed by atoms with E-state index in [9.17, 15) is 4.79 Å². The molecule has 2 heterocycles. The highest BCUT2D eigenvalue weighted by molar-refractivity contribution is 7.99. The van der Waals surface area contributed by atoms with Gasteiger partial charge in [0.25, 0.3) is 0 Å². The zero-order chi connectivity index (χ0) is 16.8. The number of rotatable bonds is 6.